The fourth-order valence-electron chi connectivity index (χ4n) is 12.1. The lowest BCUT2D eigenvalue weighted by molar-refractivity contribution is 1.18. The SMILES string of the molecule is c1ccc(-c2ccc(-c3nc(-c4ccc(-c5ccc(-c6ccc(N(c7ccccc7)c7cccc8ccccc78)cc6)cc5)cc4)cc(-c4ccc(-c5ccc(-c6ccc(N(c7ccccc7)c7cccc8ccccc78)cc6)cc5)cc4)n3)cc2)cc1. The van der Waals surface area contributed by atoms with Gasteiger partial charge in [0, 0.05) is 50.2 Å². The summed E-state index contributed by atoms with van der Waals surface area (Å²) in [6.45, 7) is 0. The standard InChI is InChI=1S/C84H58N4/c1-4-16-59(17-5-1)60-42-48-73(49-43-60)84-85-80(71-44-38-65(39-45-71)61-30-34-63(35-31-61)67-50-54-76(55-51-67)87(74-22-6-2-7-23-74)82-28-14-20-69-18-10-12-26-78(69)82)58-81(86-84)72-46-40-66(41-47-72)62-32-36-64(37-33-62)68-52-56-77(57-53-68)88(75-24-8-3-9-25-75)83-29-15-21-70-19-11-13-27-79(70)83/h1-58H. The van der Waals surface area contributed by atoms with Crippen LogP contribution in [0.5, 0.6) is 0 Å². The van der Waals surface area contributed by atoms with E-state index in [1.165, 1.54) is 27.1 Å². The second-order valence-corrected chi connectivity index (χ2v) is 22.1. The molecule has 0 fully saturated rings. The van der Waals surface area contributed by atoms with Gasteiger partial charge in [-0.15, -0.1) is 0 Å². The van der Waals surface area contributed by atoms with Crippen LogP contribution in [0.3, 0.4) is 0 Å². The van der Waals surface area contributed by atoms with Crippen LogP contribution in [0.15, 0.2) is 352 Å². The van der Waals surface area contributed by atoms with E-state index >= 15 is 0 Å². The molecule has 0 amide bonds. The first-order valence-corrected chi connectivity index (χ1v) is 29.9. The third-order valence-corrected chi connectivity index (χ3v) is 16.7. The van der Waals surface area contributed by atoms with Gasteiger partial charge < -0.3 is 9.80 Å². The van der Waals surface area contributed by atoms with E-state index in [0.717, 1.165) is 112 Å². The van der Waals surface area contributed by atoms with E-state index in [9.17, 15) is 0 Å². The number of rotatable bonds is 14. The fourth-order valence-corrected chi connectivity index (χ4v) is 12.1. The average Bonchev–Trinajstić information content (AvgIpc) is 2.95. The number of hydrogen-bond acceptors (Lipinski definition) is 4. The molecule has 1 heterocycles. The van der Waals surface area contributed by atoms with Crippen molar-refractivity contribution in [2.75, 3.05) is 9.80 Å². The van der Waals surface area contributed by atoms with Crippen molar-refractivity contribution in [3.8, 4) is 89.5 Å². The predicted molar refractivity (Wildman–Crippen MR) is 370 cm³/mol. The second kappa shape index (κ2) is 23.7. The molecule has 1 aromatic heterocycles. The molecule has 414 valence electrons. The van der Waals surface area contributed by atoms with Crippen molar-refractivity contribution in [3.05, 3.63) is 352 Å². The molecule has 14 aromatic carbocycles. The first kappa shape index (κ1) is 53.0. The van der Waals surface area contributed by atoms with Gasteiger partial charge in [0.25, 0.3) is 0 Å². The molecule has 0 radical (unpaired) electrons. The summed E-state index contributed by atoms with van der Waals surface area (Å²) >= 11 is 0. The first-order chi connectivity index (χ1) is 43.6. The van der Waals surface area contributed by atoms with Crippen molar-refractivity contribution in [2.45, 2.75) is 0 Å². The molecule has 0 unspecified atom stereocenters. The zero-order chi connectivity index (χ0) is 58.6. The van der Waals surface area contributed by atoms with Crippen LogP contribution in [0.1, 0.15) is 0 Å². The van der Waals surface area contributed by atoms with E-state index in [2.05, 4.69) is 356 Å². The smallest absolute Gasteiger partial charge is 0.160 e. The van der Waals surface area contributed by atoms with Crippen LogP contribution >= 0.6 is 0 Å². The van der Waals surface area contributed by atoms with Crippen molar-refractivity contribution in [1.29, 1.82) is 0 Å². The van der Waals surface area contributed by atoms with Gasteiger partial charge in [-0.1, -0.05) is 285 Å². The Hall–Kier alpha value is -11.7. The number of anilines is 6. The highest BCUT2D eigenvalue weighted by atomic mass is 15.1. The minimum absolute atomic E-state index is 0.676. The number of aromatic nitrogens is 2. The van der Waals surface area contributed by atoms with Crippen LogP contribution in [0, 0.1) is 0 Å². The summed E-state index contributed by atoms with van der Waals surface area (Å²) < 4.78 is 0. The van der Waals surface area contributed by atoms with Gasteiger partial charge in [-0.25, -0.2) is 9.97 Å². The zero-order valence-electron chi connectivity index (χ0n) is 48.3. The van der Waals surface area contributed by atoms with Gasteiger partial charge in [-0.3, -0.25) is 0 Å². The van der Waals surface area contributed by atoms with Crippen molar-refractivity contribution in [3.63, 3.8) is 0 Å². The Morgan fingerprint density at radius 1 is 0.182 bits per heavy atom. The van der Waals surface area contributed by atoms with Gasteiger partial charge in [0.05, 0.1) is 22.8 Å². The van der Waals surface area contributed by atoms with Crippen LogP contribution in [-0.2, 0) is 0 Å². The van der Waals surface area contributed by atoms with Crippen LogP contribution in [0.4, 0.5) is 34.1 Å². The molecule has 15 aromatic rings. The van der Waals surface area contributed by atoms with E-state index in [4.69, 9.17) is 9.97 Å². The highest BCUT2D eigenvalue weighted by Gasteiger charge is 2.18. The number of para-hydroxylation sites is 2. The molecule has 0 aliphatic carbocycles. The summed E-state index contributed by atoms with van der Waals surface area (Å²) in [5, 5.41) is 4.85. The molecule has 0 saturated carbocycles. The van der Waals surface area contributed by atoms with E-state index in [1.54, 1.807) is 0 Å². The number of fused-ring (bicyclic) bond motifs is 2. The Kier molecular flexibility index (Phi) is 14.3. The Balaban J connectivity index is 0.682. The fraction of sp³-hybridized carbons (Fsp3) is 0. The van der Waals surface area contributed by atoms with E-state index in [0.29, 0.717) is 5.82 Å². The molecular weight excluding hydrogens is 1060 g/mol. The molecule has 4 nitrogen and oxygen atoms in total. The summed E-state index contributed by atoms with van der Waals surface area (Å²) in [5.41, 5.74) is 23.0. The maximum atomic E-state index is 5.25. The number of benzene rings is 14. The van der Waals surface area contributed by atoms with E-state index in [-0.39, 0.29) is 0 Å². The molecule has 0 bridgehead atoms. The first-order valence-electron chi connectivity index (χ1n) is 29.9. The molecule has 0 spiro atoms. The van der Waals surface area contributed by atoms with Crippen molar-refractivity contribution < 1.29 is 0 Å². The molecule has 4 heteroatoms. The highest BCUT2D eigenvalue weighted by Crippen LogP contribution is 2.42. The number of nitrogens with zero attached hydrogens (tertiary/aromatic N) is 4. The maximum Gasteiger partial charge on any atom is 0.160 e. The molecule has 0 aliphatic rings. The Labute approximate surface area is 513 Å². The largest absolute Gasteiger partial charge is 0.310 e. The van der Waals surface area contributed by atoms with E-state index in [1.807, 2.05) is 6.07 Å². The maximum absolute atomic E-state index is 5.25. The van der Waals surface area contributed by atoms with Gasteiger partial charge >= 0.3 is 0 Å². The van der Waals surface area contributed by atoms with Crippen LogP contribution in [0.25, 0.3) is 111 Å². The zero-order valence-corrected chi connectivity index (χ0v) is 48.3. The summed E-state index contributed by atoms with van der Waals surface area (Å²) in [5.74, 6) is 0.676. The second-order valence-electron chi connectivity index (χ2n) is 22.1. The monoisotopic (exact) mass is 1120 g/mol. The topological polar surface area (TPSA) is 32.3 Å². The van der Waals surface area contributed by atoms with Gasteiger partial charge in [-0.2, -0.15) is 0 Å². The molecule has 88 heavy (non-hydrogen) atoms. The van der Waals surface area contributed by atoms with Gasteiger partial charge in [-0.05, 0) is 133 Å². The minimum Gasteiger partial charge on any atom is -0.310 e. The van der Waals surface area contributed by atoms with Gasteiger partial charge in [0.2, 0.25) is 0 Å². The van der Waals surface area contributed by atoms with Crippen molar-refractivity contribution in [1.82, 2.24) is 9.97 Å². The molecule has 0 saturated heterocycles. The Morgan fingerprint density at radius 2 is 0.432 bits per heavy atom. The van der Waals surface area contributed by atoms with E-state index < -0.39 is 0 Å². The third-order valence-electron chi connectivity index (χ3n) is 16.7. The van der Waals surface area contributed by atoms with Crippen LogP contribution in [-0.4, -0.2) is 9.97 Å². The Morgan fingerprint density at radius 3 is 0.784 bits per heavy atom. The normalized spacial score (nSPS) is 11.2. The molecule has 15 rings (SSSR count). The average molecular weight is 1120 g/mol. The third kappa shape index (κ3) is 10.8. The van der Waals surface area contributed by atoms with Gasteiger partial charge in [0.1, 0.15) is 0 Å². The molecular formula is C84H58N4. The summed E-state index contributed by atoms with van der Waals surface area (Å²) in [4.78, 5) is 15.2. The van der Waals surface area contributed by atoms with Crippen molar-refractivity contribution >= 4 is 55.7 Å². The molecule has 0 aliphatic heterocycles. The summed E-state index contributed by atoms with van der Waals surface area (Å²) in [6, 6.07) is 126. The molecule has 0 atom stereocenters. The lowest BCUT2D eigenvalue weighted by Crippen LogP contribution is -2.10. The van der Waals surface area contributed by atoms with Crippen molar-refractivity contribution in [2.24, 2.45) is 0 Å². The number of hydrogen-bond donors (Lipinski definition) is 0. The quantitative estimate of drug-likeness (QED) is 0.109. The predicted octanol–water partition coefficient (Wildman–Crippen LogP) is 23.1. The Bertz CT molecular complexity index is 4600. The minimum atomic E-state index is 0.676. The molecule has 0 N–H and O–H groups in total. The summed E-state index contributed by atoms with van der Waals surface area (Å²) in [6.07, 6.45) is 0. The summed E-state index contributed by atoms with van der Waals surface area (Å²) in [7, 11) is 0. The van der Waals surface area contributed by atoms with Gasteiger partial charge in [0.15, 0.2) is 5.82 Å². The lowest BCUT2D eigenvalue weighted by atomic mass is 9.97. The lowest BCUT2D eigenvalue weighted by Gasteiger charge is -2.27. The highest BCUT2D eigenvalue weighted by molar-refractivity contribution is 6.00. The van der Waals surface area contributed by atoms with Crippen LogP contribution in [0.2, 0.25) is 0 Å². The van der Waals surface area contributed by atoms with Crippen LogP contribution < -0.4 is 9.80 Å².